The van der Waals surface area contributed by atoms with Gasteiger partial charge >= 0.3 is 0 Å². The van der Waals surface area contributed by atoms with E-state index in [1.54, 1.807) is 18.7 Å². The number of nitrogens with zero attached hydrogens (tertiary/aromatic N) is 4. The molecule has 1 N–H and O–H groups in total. The van der Waals surface area contributed by atoms with Crippen LogP contribution in [0.2, 0.25) is 0 Å². The minimum Gasteiger partial charge on any atom is -0.497 e. The smallest absolute Gasteiger partial charge is 0.226 e. The highest BCUT2D eigenvalue weighted by molar-refractivity contribution is 5.96. The van der Waals surface area contributed by atoms with Gasteiger partial charge in [0.15, 0.2) is 11.5 Å². The van der Waals surface area contributed by atoms with Crippen molar-refractivity contribution in [1.29, 1.82) is 0 Å². The molecule has 33 heavy (non-hydrogen) atoms. The van der Waals surface area contributed by atoms with Gasteiger partial charge in [0.05, 0.1) is 26.7 Å². The predicted octanol–water partition coefficient (Wildman–Crippen LogP) is 4.57. The number of ether oxygens (including phenoxy) is 3. The van der Waals surface area contributed by atoms with Gasteiger partial charge in [-0.05, 0) is 37.0 Å². The normalized spacial score (nSPS) is 17.7. The first-order valence-electron chi connectivity index (χ1n) is 10.9. The summed E-state index contributed by atoms with van der Waals surface area (Å²) in [6, 6.07) is 8.39. The van der Waals surface area contributed by atoms with E-state index in [1.165, 1.54) is 19.2 Å². The molecule has 1 fully saturated rings. The van der Waals surface area contributed by atoms with Crippen molar-refractivity contribution >= 4 is 22.5 Å². The lowest BCUT2D eigenvalue weighted by atomic mass is 9.76. The van der Waals surface area contributed by atoms with Crippen molar-refractivity contribution in [2.75, 3.05) is 26.6 Å². The van der Waals surface area contributed by atoms with Crippen LogP contribution in [0.25, 0.3) is 16.6 Å². The van der Waals surface area contributed by atoms with Crippen molar-refractivity contribution in [3.8, 4) is 17.2 Å². The summed E-state index contributed by atoms with van der Waals surface area (Å²) in [4.78, 5) is 9.54. The Morgan fingerprint density at radius 1 is 1.03 bits per heavy atom. The van der Waals surface area contributed by atoms with Crippen LogP contribution in [0.3, 0.4) is 0 Å². The maximum atomic E-state index is 14.3. The zero-order valence-corrected chi connectivity index (χ0v) is 19.1. The fourth-order valence-electron chi connectivity index (χ4n) is 4.39. The first-order valence-corrected chi connectivity index (χ1v) is 10.9. The molecule has 0 saturated heterocycles. The van der Waals surface area contributed by atoms with Gasteiger partial charge in [0.2, 0.25) is 5.95 Å². The van der Waals surface area contributed by atoms with Gasteiger partial charge < -0.3 is 19.5 Å². The monoisotopic (exact) mass is 451 g/mol. The minimum atomic E-state index is -0.409. The van der Waals surface area contributed by atoms with Crippen LogP contribution < -0.4 is 19.5 Å². The van der Waals surface area contributed by atoms with E-state index in [0.29, 0.717) is 58.1 Å². The summed E-state index contributed by atoms with van der Waals surface area (Å²) in [5.74, 6) is 3.56. The summed E-state index contributed by atoms with van der Waals surface area (Å²) in [6.45, 7) is 2.65. The van der Waals surface area contributed by atoms with Crippen LogP contribution in [0.5, 0.6) is 17.2 Å². The molecule has 8 nitrogen and oxygen atoms in total. The highest BCUT2D eigenvalue weighted by atomic mass is 19.1. The molecular weight excluding hydrogens is 425 g/mol. The van der Waals surface area contributed by atoms with Gasteiger partial charge in [0, 0.05) is 30.2 Å². The van der Waals surface area contributed by atoms with E-state index in [2.05, 4.69) is 12.2 Å². The zero-order chi connectivity index (χ0) is 23.1. The molecule has 1 saturated carbocycles. The molecular formula is C24H26FN5O3. The van der Waals surface area contributed by atoms with Gasteiger partial charge in [0.25, 0.3) is 0 Å². The summed E-state index contributed by atoms with van der Waals surface area (Å²) < 4.78 is 32.2. The summed E-state index contributed by atoms with van der Waals surface area (Å²) >= 11 is 0. The summed E-state index contributed by atoms with van der Waals surface area (Å²) in [5.41, 5.74) is 2.00. The topological polar surface area (TPSA) is 82.8 Å². The Morgan fingerprint density at radius 3 is 2.52 bits per heavy atom. The van der Waals surface area contributed by atoms with Gasteiger partial charge in [0.1, 0.15) is 28.6 Å². The second-order valence-corrected chi connectivity index (χ2v) is 8.45. The number of fused-ring (bicyclic) bond motifs is 3. The Hall–Kier alpha value is -3.62. The van der Waals surface area contributed by atoms with E-state index in [9.17, 15) is 4.39 Å². The highest BCUT2D eigenvalue weighted by Gasteiger charge is 2.31. The molecule has 0 radical (unpaired) electrons. The molecule has 0 bridgehead atoms. The molecule has 2 aromatic carbocycles. The lowest BCUT2D eigenvalue weighted by Gasteiger charge is -2.29. The summed E-state index contributed by atoms with van der Waals surface area (Å²) in [7, 11) is 4.73. The molecule has 9 heteroatoms. The third kappa shape index (κ3) is 3.77. The number of anilines is 1. The molecule has 0 atom stereocenters. The number of hydrogen-bond acceptors (Lipinski definition) is 7. The standard InChI is InChI=1S/C24H26FN5O3/c1-13-7-15(8-13)22-28-23-18-9-16(25)10-20(33-4)21(18)27-24(30(23)29-22)26-12-14-5-6-17(31-2)11-19(14)32-3/h5-6,9-11,13,15H,7-8,12H2,1-4H3,(H,26,27). The Labute approximate surface area is 190 Å². The van der Waals surface area contributed by atoms with Gasteiger partial charge in [-0.25, -0.2) is 14.4 Å². The van der Waals surface area contributed by atoms with E-state index in [1.807, 2.05) is 18.2 Å². The van der Waals surface area contributed by atoms with Crippen molar-refractivity contribution in [3.05, 3.63) is 47.5 Å². The van der Waals surface area contributed by atoms with Crippen molar-refractivity contribution in [2.24, 2.45) is 5.92 Å². The summed E-state index contributed by atoms with van der Waals surface area (Å²) in [5, 5.41) is 8.66. The fourth-order valence-corrected chi connectivity index (χ4v) is 4.39. The average molecular weight is 452 g/mol. The lowest BCUT2D eigenvalue weighted by Crippen LogP contribution is -2.20. The van der Waals surface area contributed by atoms with E-state index in [4.69, 9.17) is 29.3 Å². The molecule has 0 aliphatic heterocycles. The number of hydrogen-bond donors (Lipinski definition) is 1. The quantitative estimate of drug-likeness (QED) is 0.441. The van der Waals surface area contributed by atoms with Crippen LogP contribution >= 0.6 is 0 Å². The molecule has 5 rings (SSSR count). The fraction of sp³-hybridized carbons (Fsp3) is 0.375. The van der Waals surface area contributed by atoms with E-state index < -0.39 is 5.82 Å². The van der Waals surface area contributed by atoms with Gasteiger partial charge in [-0.15, -0.1) is 5.10 Å². The first kappa shape index (κ1) is 21.2. The molecule has 1 aliphatic carbocycles. The maximum absolute atomic E-state index is 14.3. The Balaban J connectivity index is 1.60. The second kappa shape index (κ2) is 8.38. The highest BCUT2D eigenvalue weighted by Crippen LogP contribution is 2.40. The van der Waals surface area contributed by atoms with Gasteiger partial charge in [-0.2, -0.15) is 4.52 Å². The van der Waals surface area contributed by atoms with Crippen LogP contribution in [-0.4, -0.2) is 40.9 Å². The van der Waals surface area contributed by atoms with Crippen LogP contribution in [0, 0.1) is 11.7 Å². The van der Waals surface area contributed by atoms with Crippen molar-refractivity contribution in [2.45, 2.75) is 32.2 Å². The molecule has 0 spiro atoms. The maximum Gasteiger partial charge on any atom is 0.226 e. The zero-order valence-electron chi connectivity index (χ0n) is 19.1. The average Bonchev–Trinajstić information content (AvgIpc) is 3.25. The Morgan fingerprint density at radius 2 is 1.82 bits per heavy atom. The van der Waals surface area contributed by atoms with Gasteiger partial charge in [-0.1, -0.05) is 6.92 Å². The Bertz CT molecular complexity index is 1330. The van der Waals surface area contributed by atoms with Crippen molar-refractivity contribution in [3.63, 3.8) is 0 Å². The summed E-state index contributed by atoms with van der Waals surface area (Å²) in [6.07, 6.45) is 2.09. The predicted molar refractivity (Wildman–Crippen MR) is 123 cm³/mol. The Kier molecular flexibility index (Phi) is 5.39. The molecule has 172 valence electrons. The molecule has 1 aliphatic rings. The van der Waals surface area contributed by atoms with E-state index >= 15 is 0 Å². The van der Waals surface area contributed by atoms with E-state index in [-0.39, 0.29) is 0 Å². The van der Waals surface area contributed by atoms with Crippen molar-refractivity contribution in [1.82, 2.24) is 19.6 Å². The van der Waals surface area contributed by atoms with Crippen LogP contribution in [-0.2, 0) is 6.54 Å². The van der Waals surface area contributed by atoms with E-state index in [0.717, 1.165) is 24.2 Å². The number of halogens is 1. The molecule has 4 aromatic rings. The first-order chi connectivity index (χ1) is 16.0. The third-order valence-corrected chi connectivity index (χ3v) is 6.21. The van der Waals surface area contributed by atoms with Crippen LogP contribution in [0.1, 0.15) is 37.1 Å². The van der Waals surface area contributed by atoms with Crippen molar-refractivity contribution < 1.29 is 18.6 Å². The molecule has 0 unspecified atom stereocenters. The number of benzene rings is 2. The molecule has 2 aromatic heterocycles. The van der Waals surface area contributed by atoms with Crippen LogP contribution in [0.4, 0.5) is 10.3 Å². The second-order valence-electron chi connectivity index (χ2n) is 8.45. The lowest BCUT2D eigenvalue weighted by molar-refractivity contribution is 0.278. The largest absolute Gasteiger partial charge is 0.497 e. The number of rotatable bonds is 7. The van der Waals surface area contributed by atoms with Gasteiger partial charge in [-0.3, -0.25) is 0 Å². The minimum absolute atomic E-state index is 0.305. The van der Waals surface area contributed by atoms with Crippen LogP contribution in [0.15, 0.2) is 30.3 Å². The number of aromatic nitrogens is 4. The third-order valence-electron chi connectivity index (χ3n) is 6.21. The SMILES string of the molecule is COc1ccc(CNc2nc3c(OC)cc(F)cc3c3nc(C4CC(C)C4)nn23)c(OC)c1. The number of methoxy groups -OCH3 is 3. The number of nitrogens with one attached hydrogen (secondary N) is 1. The molecule has 2 heterocycles. The molecule has 0 amide bonds.